The summed E-state index contributed by atoms with van der Waals surface area (Å²) in [5.41, 5.74) is 0.899. The molecule has 7 nitrogen and oxygen atoms in total. The molecule has 0 spiro atoms. The van der Waals surface area contributed by atoms with Crippen molar-refractivity contribution in [3.8, 4) is 5.75 Å². The highest BCUT2D eigenvalue weighted by molar-refractivity contribution is 5.80. The number of para-hydroxylation sites is 2. The van der Waals surface area contributed by atoms with E-state index in [1.54, 1.807) is 6.07 Å². The summed E-state index contributed by atoms with van der Waals surface area (Å²) in [6.45, 7) is 9.45. The second kappa shape index (κ2) is 8.79. The van der Waals surface area contributed by atoms with Crippen molar-refractivity contribution in [2.75, 3.05) is 38.1 Å². The second-order valence-electron chi connectivity index (χ2n) is 7.25. The zero-order valence-corrected chi connectivity index (χ0v) is 16.5. The molecule has 2 aromatic rings. The van der Waals surface area contributed by atoms with Gasteiger partial charge in [-0.2, -0.15) is 0 Å². The number of aromatic hydroxyl groups is 1. The topological polar surface area (TPSA) is 68.9 Å². The van der Waals surface area contributed by atoms with E-state index in [2.05, 4.69) is 43.5 Å². The minimum Gasteiger partial charge on any atom is -0.506 e. The number of nitrogens with one attached hydrogen (secondary N) is 1. The molecule has 27 heavy (non-hydrogen) atoms. The molecule has 1 aliphatic rings. The van der Waals surface area contributed by atoms with Gasteiger partial charge >= 0.3 is 0 Å². The van der Waals surface area contributed by atoms with Crippen LogP contribution >= 0.6 is 0 Å². The number of nitrogens with zero attached hydrogens (tertiary/aromatic N) is 5. The monoisotopic (exact) mass is 370 g/mol. The standard InChI is InChI=1S/C20H30N6O/c1-16(2)15-26-9-8-22-19(26)14-23-20(21-3)25-12-10-24(11-13-25)17-6-4-5-7-18(17)27/h4-9,16,27H,10-15H2,1-3H3,(H,21,23). The smallest absolute Gasteiger partial charge is 0.194 e. The van der Waals surface area contributed by atoms with Gasteiger partial charge in [0.1, 0.15) is 11.6 Å². The number of phenolic OH excluding ortho intramolecular Hbond substituents is 1. The van der Waals surface area contributed by atoms with Crippen LogP contribution in [-0.2, 0) is 13.1 Å². The minimum atomic E-state index is 0.338. The zero-order valence-electron chi connectivity index (χ0n) is 16.5. The number of rotatable bonds is 5. The molecule has 0 aliphatic carbocycles. The lowest BCUT2D eigenvalue weighted by atomic mass is 10.2. The average molecular weight is 371 g/mol. The zero-order chi connectivity index (χ0) is 19.2. The Labute approximate surface area is 161 Å². The predicted octanol–water partition coefficient (Wildman–Crippen LogP) is 2.14. The van der Waals surface area contributed by atoms with Crippen LogP contribution in [-0.4, -0.2) is 58.7 Å². The summed E-state index contributed by atoms with van der Waals surface area (Å²) >= 11 is 0. The average Bonchev–Trinajstić information content (AvgIpc) is 3.09. The van der Waals surface area contributed by atoms with Gasteiger partial charge in [-0.25, -0.2) is 4.98 Å². The minimum absolute atomic E-state index is 0.338. The number of imidazole rings is 1. The van der Waals surface area contributed by atoms with Crippen LogP contribution in [0.4, 0.5) is 5.69 Å². The Morgan fingerprint density at radius 1 is 1.22 bits per heavy atom. The fourth-order valence-electron chi connectivity index (χ4n) is 3.45. The van der Waals surface area contributed by atoms with E-state index in [1.807, 2.05) is 37.6 Å². The SMILES string of the molecule is CN=C(NCc1nccn1CC(C)C)N1CCN(c2ccccc2O)CC1. The molecular weight excluding hydrogens is 340 g/mol. The molecule has 2 N–H and O–H groups in total. The first-order valence-corrected chi connectivity index (χ1v) is 9.57. The van der Waals surface area contributed by atoms with Crippen LogP contribution < -0.4 is 10.2 Å². The van der Waals surface area contributed by atoms with Crippen molar-refractivity contribution >= 4 is 11.6 Å². The van der Waals surface area contributed by atoms with E-state index in [0.29, 0.717) is 18.2 Å². The third-order valence-electron chi connectivity index (χ3n) is 4.78. The molecule has 7 heteroatoms. The molecule has 0 bridgehead atoms. The fourth-order valence-corrected chi connectivity index (χ4v) is 3.45. The van der Waals surface area contributed by atoms with Crippen LogP contribution in [0, 0.1) is 5.92 Å². The molecule has 3 rings (SSSR count). The van der Waals surface area contributed by atoms with E-state index in [9.17, 15) is 5.11 Å². The lowest BCUT2D eigenvalue weighted by Gasteiger charge is -2.37. The number of guanidine groups is 1. The molecule has 1 aromatic carbocycles. The van der Waals surface area contributed by atoms with E-state index in [-0.39, 0.29) is 0 Å². The largest absolute Gasteiger partial charge is 0.506 e. The van der Waals surface area contributed by atoms with Crippen molar-refractivity contribution < 1.29 is 5.11 Å². The number of hydrogen-bond acceptors (Lipinski definition) is 4. The summed E-state index contributed by atoms with van der Waals surface area (Å²) in [6.07, 6.45) is 3.89. The maximum Gasteiger partial charge on any atom is 0.194 e. The summed E-state index contributed by atoms with van der Waals surface area (Å²) in [7, 11) is 1.82. The molecule has 0 radical (unpaired) electrons. The van der Waals surface area contributed by atoms with Crippen molar-refractivity contribution in [1.82, 2.24) is 19.8 Å². The first-order valence-electron chi connectivity index (χ1n) is 9.57. The lowest BCUT2D eigenvalue weighted by molar-refractivity contribution is 0.368. The molecule has 0 saturated carbocycles. The van der Waals surface area contributed by atoms with Crippen LogP contribution in [0.15, 0.2) is 41.7 Å². The lowest BCUT2D eigenvalue weighted by Crippen LogP contribution is -2.52. The molecule has 0 unspecified atom stereocenters. The van der Waals surface area contributed by atoms with Gasteiger partial charge in [-0.3, -0.25) is 4.99 Å². The normalized spacial score (nSPS) is 15.5. The number of phenols is 1. The summed E-state index contributed by atoms with van der Waals surface area (Å²) in [5, 5.41) is 13.5. The van der Waals surface area contributed by atoms with Gasteiger partial charge in [0.05, 0.1) is 12.2 Å². The van der Waals surface area contributed by atoms with Crippen molar-refractivity contribution in [3.63, 3.8) is 0 Å². The molecule has 1 saturated heterocycles. The van der Waals surface area contributed by atoms with Crippen LogP contribution in [0.5, 0.6) is 5.75 Å². The molecule has 2 heterocycles. The number of piperazine rings is 1. The van der Waals surface area contributed by atoms with E-state index in [0.717, 1.165) is 50.2 Å². The van der Waals surface area contributed by atoms with Crippen LogP contribution in [0.25, 0.3) is 0 Å². The van der Waals surface area contributed by atoms with Gasteiger partial charge in [0.2, 0.25) is 0 Å². The summed E-state index contributed by atoms with van der Waals surface area (Å²) < 4.78 is 2.20. The molecule has 1 fully saturated rings. The third kappa shape index (κ3) is 4.72. The Balaban J connectivity index is 1.55. The van der Waals surface area contributed by atoms with Crippen LogP contribution in [0.1, 0.15) is 19.7 Å². The molecular formula is C20H30N6O. The summed E-state index contributed by atoms with van der Waals surface area (Å²) in [6, 6.07) is 7.51. The van der Waals surface area contributed by atoms with Crippen LogP contribution in [0.2, 0.25) is 0 Å². The van der Waals surface area contributed by atoms with Crippen LogP contribution in [0.3, 0.4) is 0 Å². The summed E-state index contributed by atoms with van der Waals surface area (Å²) in [5.74, 6) is 2.84. The maximum absolute atomic E-state index is 10.1. The first kappa shape index (κ1) is 19.1. The maximum atomic E-state index is 10.1. The quantitative estimate of drug-likeness (QED) is 0.623. The number of anilines is 1. The molecule has 146 valence electrons. The molecule has 0 amide bonds. The van der Waals surface area contributed by atoms with Gasteiger partial charge in [-0.05, 0) is 18.1 Å². The molecule has 1 aliphatic heterocycles. The number of hydrogen-bond donors (Lipinski definition) is 2. The van der Waals surface area contributed by atoms with E-state index < -0.39 is 0 Å². The van der Waals surface area contributed by atoms with E-state index >= 15 is 0 Å². The van der Waals surface area contributed by atoms with E-state index in [4.69, 9.17) is 0 Å². The van der Waals surface area contributed by atoms with Crippen molar-refractivity contribution in [2.45, 2.75) is 26.9 Å². The van der Waals surface area contributed by atoms with Gasteiger partial charge in [-0.15, -0.1) is 0 Å². The van der Waals surface area contributed by atoms with Gasteiger partial charge < -0.3 is 24.8 Å². The first-order chi connectivity index (χ1) is 13.1. The Hall–Kier alpha value is -2.70. The van der Waals surface area contributed by atoms with Crippen molar-refractivity contribution in [2.24, 2.45) is 10.9 Å². The number of aliphatic imine (C=N–C) groups is 1. The predicted molar refractivity (Wildman–Crippen MR) is 109 cm³/mol. The Morgan fingerprint density at radius 3 is 2.63 bits per heavy atom. The van der Waals surface area contributed by atoms with Gasteiger partial charge in [0.25, 0.3) is 0 Å². The molecule has 1 aromatic heterocycles. The fraction of sp³-hybridized carbons (Fsp3) is 0.500. The Bertz CT molecular complexity index is 761. The number of benzene rings is 1. The third-order valence-corrected chi connectivity index (χ3v) is 4.78. The van der Waals surface area contributed by atoms with Gasteiger partial charge in [-0.1, -0.05) is 26.0 Å². The van der Waals surface area contributed by atoms with Crippen molar-refractivity contribution in [1.29, 1.82) is 0 Å². The highest BCUT2D eigenvalue weighted by atomic mass is 16.3. The number of aromatic nitrogens is 2. The summed E-state index contributed by atoms with van der Waals surface area (Å²) in [4.78, 5) is 13.4. The van der Waals surface area contributed by atoms with Gasteiger partial charge in [0.15, 0.2) is 5.96 Å². The Morgan fingerprint density at radius 2 is 1.96 bits per heavy atom. The highest BCUT2D eigenvalue weighted by Crippen LogP contribution is 2.27. The van der Waals surface area contributed by atoms with E-state index in [1.165, 1.54) is 0 Å². The highest BCUT2D eigenvalue weighted by Gasteiger charge is 2.21. The Kier molecular flexibility index (Phi) is 6.21. The second-order valence-corrected chi connectivity index (χ2v) is 7.25. The van der Waals surface area contributed by atoms with Crippen molar-refractivity contribution in [3.05, 3.63) is 42.5 Å². The molecule has 0 atom stereocenters. The van der Waals surface area contributed by atoms with Gasteiger partial charge in [0, 0.05) is 52.2 Å².